The van der Waals surface area contributed by atoms with E-state index in [1.165, 1.54) is 0 Å². The van der Waals surface area contributed by atoms with E-state index in [4.69, 9.17) is 0 Å². The SMILES string of the molecule is CCOC(=O)Cc1nc(CCC(F)(F)F)no1. The van der Waals surface area contributed by atoms with Crippen LogP contribution in [0.5, 0.6) is 0 Å². The maximum atomic E-state index is 11.9. The van der Waals surface area contributed by atoms with E-state index in [1.54, 1.807) is 6.92 Å². The van der Waals surface area contributed by atoms with E-state index < -0.39 is 18.6 Å². The van der Waals surface area contributed by atoms with Gasteiger partial charge in [0.15, 0.2) is 5.82 Å². The molecular formula is C9H11F3N2O3. The van der Waals surface area contributed by atoms with Gasteiger partial charge in [-0.1, -0.05) is 5.16 Å². The lowest BCUT2D eigenvalue weighted by Crippen LogP contribution is -2.09. The summed E-state index contributed by atoms with van der Waals surface area (Å²) in [4.78, 5) is 14.7. The minimum atomic E-state index is -4.26. The third-order valence-electron chi connectivity index (χ3n) is 1.74. The molecule has 0 saturated heterocycles. The number of aryl methyl sites for hydroxylation is 1. The first kappa shape index (κ1) is 13.5. The van der Waals surface area contributed by atoms with Gasteiger partial charge in [-0.15, -0.1) is 0 Å². The summed E-state index contributed by atoms with van der Waals surface area (Å²) in [6, 6.07) is 0. The predicted octanol–water partition coefficient (Wildman–Crippen LogP) is 1.67. The van der Waals surface area contributed by atoms with Crippen molar-refractivity contribution in [2.45, 2.75) is 32.4 Å². The van der Waals surface area contributed by atoms with Gasteiger partial charge in [0, 0.05) is 6.42 Å². The fourth-order valence-corrected chi connectivity index (χ4v) is 1.05. The third kappa shape index (κ3) is 5.32. The van der Waals surface area contributed by atoms with E-state index in [-0.39, 0.29) is 31.2 Å². The number of halogens is 3. The zero-order valence-electron chi connectivity index (χ0n) is 9.08. The molecule has 0 radical (unpaired) electrons. The average Bonchev–Trinajstić information content (AvgIpc) is 2.62. The molecule has 0 saturated carbocycles. The lowest BCUT2D eigenvalue weighted by atomic mass is 10.3. The second-order valence-corrected chi connectivity index (χ2v) is 3.20. The van der Waals surface area contributed by atoms with Crippen LogP contribution in [0.25, 0.3) is 0 Å². The van der Waals surface area contributed by atoms with E-state index in [1.807, 2.05) is 0 Å². The molecule has 0 aliphatic heterocycles. The molecule has 0 fully saturated rings. The molecule has 0 spiro atoms. The molecule has 0 N–H and O–H groups in total. The smallest absolute Gasteiger partial charge is 0.389 e. The Kier molecular flexibility index (Phi) is 4.47. The second kappa shape index (κ2) is 5.65. The Morgan fingerprint density at radius 3 is 2.76 bits per heavy atom. The van der Waals surface area contributed by atoms with Crippen molar-refractivity contribution in [3.8, 4) is 0 Å². The summed E-state index contributed by atoms with van der Waals surface area (Å²) >= 11 is 0. The van der Waals surface area contributed by atoms with Crippen LogP contribution in [0, 0.1) is 0 Å². The molecule has 0 amide bonds. The number of rotatable bonds is 5. The number of nitrogens with zero attached hydrogens (tertiary/aromatic N) is 2. The molecular weight excluding hydrogens is 241 g/mol. The molecule has 0 atom stereocenters. The number of hydrogen-bond donors (Lipinski definition) is 0. The van der Waals surface area contributed by atoms with Crippen molar-refractivity contribution < 1.29 is 27.2 Å². The van der Waals surface area contributed by atoms with Gasteiger partial charge < -0.3 is 9.26 Å². The first-order valence-corrected chi connectivity index (χ1v) is 4.94. The van der Waals surface area contributed by atoms with Gasteiger partial charge in [0.2, 0.25) is 5.89 Å². The molecule has 1 aromatic rings. The Balaban J connectivity index is 2.45. The van der Waals surface area contributed by atoms with Crippen molar-refractivity contribution >= 4 is 5.97 Å². The number of carbonyl (C=O) groups excluding carboxylic acids is 1. The quantitative estimate of drug-likeness (QED) is 0.746. The fraction of sp³-hybridized carbons (Fsp3) is 0.667. The van der Waals surface area contributed by atoms with Crippen LogP contribution in [0.1, 0.15) is 25.1 Å². The second-order valence-electron chi connectivity index (χ2n) is 3.20. The zero-order valence-corrected chi connectivity index (χ0v) is 9.08. The highest BCUT2D eigenvalue weighted by molar-refractivity contribution is 5.71. The van der Waals surface area contributed by atoms with Crippen LogP contribution in [0.15, 0.2) is 4.52 Å². The van der Waals surface area contributed by atoms with Crippen LogP contribution in [0.3, 0.4) is 0 Å². The van der Waals surface area contributed by atoms with Crippen molar-refractivity contribution in [3.63, 3.8) is 0 Å². The van der Waals surface area contributed by atoms with Crippen LogP contribution in [-0.4, -0.2) is 28.9 Å². The molecule has 1 aromatic heterocycles. The van der Waals surface area contributed by atoms with Gasteiger partial charge in [0.25, 0.3) is 0 Å². The Bertz CT molecular complexity index is 376. The lowest BCUT2D eigenvalue weighted by molar-refractivity contribution is -0.142. The van der Waals surface area contributed by atoms with Gasteiger partial charge in [-0.05, 0) is 6.92 Å². The first-order valence-electron chi connectivity index (χ1n) is 4.94. The van der Waals surface area contributed by atoms with Crippen LogP contribution in [0.2, 0.25) is 0 Å². The maximum absolute atomic E-state index is 11.9. The summed E-state index contributed by atoms with van der Waals surface area (Å²) in [5.41, 5.74) is 0. The Hall–Kier alpha value is -1.60. The first-order chi connectivity index (χ1) is 7.90. The molecule has 96 valence electrons. The Labute approximate surface area is 94.9 Å². The summed E-state index contributed by atoms with van der Waals surface area (Å²) in [5, 5.41) is 3.34. The van der Waals surface area contributed by atoms with Gasteiger partial charge in [-0.3, -0.25) is 4.79 Å². The number of hydrogen-bond acceptors (Lipinski definition) is 5. The normalized spacial score (nSPS) is 11.5. The zero-order chi connectivity index (χ0) is 12.9. The monoisotopic (exact) mass is 252 g/mol. The molecule has 0 bridgehead atoms. The minimum Gasteiger partial charge on any atom is -0.466 e. The summed E-state index contributed by atoms with van der Waals surface area (Å²) in [6.07, 6.45) is -5.88. The van der Waals surface area contributed by atoms with Gasteiger partial charge in [0.1, 0.15) is 6.42 Å². The van der Waals surface area contributed by atoms with Crippen molar-refractivity contribution in [3.05, 3.63) is 11.7 Å². The molecule has 17 heavy (non-hydrogen) atoms. The third-order valence-corrected chi connectivity index (χ3v) is 1.74. The maximum Gasteiger partial charge on any atom is 0.389 e. The van der Waals surface area contributed by atoms with Crippen LogP contribution in [0.4, 0.5) is 13.2 Å². The van der Waals surface area contributed by atoms with E-state index in [0.29, 0.717) is 0 Å². The highest BCUT2D eigenvalue weighted by Gasteiger charge is 2.27. The highest BCUT2D eigenvalue weighted by atomic mass is 19.4. The highest BCUT2D eigenvalue weighted by Crippen LogP contribution is 2.21. The van der Waals surface area contributed by atoms with Crippen molar-refractivity contribution in [2.24, 2.45) is 0 Å². The van der Waals surface area contributed by atoms with Gasteiger partial charge in [-0.25, -0.2) is 0 Å². The number of alkyl halides is 3. The molecule has 8 heteroatoms. The molecule has 0 aliphatic rings. The fourth-order valence-electron chi connectivity index (χ4n) is 1.05. The minimum absolute atomic E-state index is 0.0411. The van der Waals surface area contributed by atoms with E-state index in [2.05, 4.69) is 19.4 Å². The summed E-state index contributed by atoms with van der Waals surface area (Å²) < 4.78 is 44.9. The Morgan fingerprint density at radius 2 is 2.18 bits per heavy atom. The molecule has 0 unspecified atom stereocenters. The molecule has 5 nitrogen and oxygen atoms in total. The van der Waals surface area contributed by atoms with E-state index in [9.17, 15) is 18.0 Å². The number of aromatic nitrogens is 2. The topological polar surface area (TPSA) is 65.2 Å². The van der Waals surface area contributed by atoms with E-state index >= 15 is 0 Å². The Morgan fingerprint density at radius 1 is 1.47 bits per heavy atom. The standard InChI is InChI=1S/C9H11F3N2O3/c1-2-16-8(15)5-7-13-6(14-17-7)3-4-9(10,11)12/h2-5H2,1H3. The number of ether oxygens (including phenoxy) is 1. The van der Waals surface area contributed by atoms with Gasteiger partial charge in [0.05, 0.1) is 13.0 Å². The number of carbonyl (C=O) groups is 1. The molecule has 0 aromatic carbocycles. The number of esters is 1. The van der Waals surface area contributed by atoms with Crippen LogP contribution < -0.4 is 0 Å². The summed E-state index contributed by atoms with van der Waals surface area (Å²) in [7, 11) is 0. The van der Waals surface area contributed by atoms with Gasteiger partial charge in [-0.2, -0.15) is 18.2 Å². The van der Waals surface area contributed by atoms with Crippen LogP contribution >= 0.6 is 0 Å². The molecule has 0 aliphatic carbocycles. The van der Waals surface area contributed by atoms with Gasteiger partial charge >= 0.3 is 12.1 Å². The molecule has 1 heterocycles. The predicted molar refractivity (Wildman–Crippen MR) is 49.0 cm³/mol. The van der Waals surface area contributed by atoms with Crippen molar-refractivity contribution in [1.29, 1.82) is 0 Å². The van der Waals surface area contributed by atoms with E-state index in [0.717, 1.165) is 0 Å². The van der Waals surface area contributed by atoms with Crippen molar-refractivity contribution in [1.82, 2.24) is 10.1 Å². The summed E-state index contributed by atoms with van der Waals surface area (Å²) in [5.74, 6) is -0.666. The lowest BCUT2D eigenvalue weighted by Gasteiger charge is -2.01. The van der Waals surface area contributed by atoms with Crippen LogP contribution in [-0.2, 0) is 22.4 Å². The molecule has 1 rings (SSSR count). The van der Waals surface area contributed by atoms with Crippen molar-refractivity contribution in [2.75, 3.05) is 6.61 Å². The average molecular weight is 252 g/mol. The summed E-state index contributed by atoms with van der Waals surface area (Å²) in [6.45, 7) is 1.86. The largest absolute Gasteiger partial charge is 0.466 e.